The number of aryl methyl sites for hydroxylation is 2. The van der Waals surface area contributed by atoms with Crippen molar-refractivity contribution < 1.29 is 8.42 Å². The summed E-state index contributed by atoms with van der Waals surface area (Å²) in [4.78, 5) is 4.65. The second kappa shape index (κ2) is 8.07. The number of anilines is 1. The third-order valence-corrected chi connectivity index (χ3v) is 6.81. The van der Waals surface area contributed by atoms with E-state index in [1.54, 1.807) is 23.4 Å². The molecule has 142 valence electrons. The Hall–Kier alpha value is -2.43. The van der Waals surface area contributed by atoms with Crippen LogP contribution >= 0.6 is 0 Å². The van der Waals surface area contributed by atoms with E-state index in [0.717, 1.165) is 25.0 Å². The molecule has 3 rings (SSSR count). The standard InChI is InChI=1S/C20H24N4O2S/c1-15-12-19(18(13-21)16(2)23-15)22-14-17-8-4-5-9-20(17)27(25,26)24-10-6-3-7-11-24/h4-5,8-9,12H,3,6-7,10-11,14H2,1-2H3,(H,22,23). The maximum absolute atomic E-state index is 13.1. The quantitative estimate of drug-likeness (QED) is 0.854. The lowest BCUT2D eigenvalue weighted by Crippen LogP contribution is -2.36. The first-order valence-corrected chi connectivity index (χ1v) is 10.6. The molecule has 0 amide bonds. The number of sulfonamides is 1. The van der Waals surface area contributed by atoms with E-state index in [4.69, 9.17) is 0 Å². The van der Waals surface area contributed by atoms with Gasteiger partial charge in [-0.25, -0.2) is 8.42 Å². The second-order valence-corrected chi connectivity index (χ2v) is 8.72. The third kappa shape index (κ3) is 4.12. The maximum atomic E-state index is 13.1. The van der Waals surface area contributed by atoms with Gasteiger partial charge in [0.2, 0.25) is 10.0 Å². The number of pyridine rings is 1. The summed E-state index contributed by atoms with van der Waals surface area (Å²) in [5, 5.41) is 12.6. The van der Waals surface area contributed by atoms with Crippen LogP contribution in [0.15, 0.2) is 35.2 Å². The summed E-state index contributed by atoms with van der Waals surface area (Å²) in [6, 6.07) is 11.0. The molecule has 1 aliphatic heterocycles. The summed E-state index contributed by atoms with van der Waals surface area (Å²) < 4.78 is 27.8. The van der Waals surface area contributed by atoms with Crippen LogP contribution in [0.5, 0.6) is 0 Å². The van der Waals surface area contributed by atoms with E-state index in [9.17, 15) is 13.7 Å². The minimum Gasteiger partial charge on any atom is -0.380 e. The van der Waals surface area contributed by atoms with Crippen LogP contribution in [0.4, 0.5) is 5.69 Å². The smallest absolute Gasteiger partial charge is 0.243 e. The third-order valence-electron chi connectivity index (χ3n) is 4.81. The Bertz CT molecular complexity index is 974. The van der Waals surface area contributed by atoms with Crippen LogP contribution in [0.2, 0.25) is 0 Å². The van der Waals surface area contributed by atoms with Crippen LogP contribution in [-0.4, -0.2) is 30.8 Å². The second-order valence-electron chi connectivity index (χ2n) is 6.81. The highest BCUT2D eigenvalue weighted by atomic mass is 32.2. The maximum Gasteiger partial charge on any atom is 0.243 e. The molecule has 1 aromatic carbocycles. The van der Waals surface area contributed by atoms with Crippen LogP contribution < -0.4 is 5.32 Å². The zero-order chi connectivity index (χ0) is 19.4. The van der Waals surface area contributed by atoms with Gasteiger partial charge in [-0.15, -0.1) is 0 Å². The number of nitriles is 1. The van der Waals surface area contributed by atoms with E-state index in [-0.39, 0.29) is 0 Å². The molecule has 1 aliphatic rings. The molecule has 2 aromatic rings. The van der Waals surface area contributed by atoms with Crippen molar-refractivity contribution in [3.8, 4) is 6.07 Å². The number of aromatic nitrogens is 1. The number of benzene rings is 1. The topological polar surface area (TPSA) is 86.1 Å². The van der Waals surface area contributed by atoms with Crippen LogP contribution in [-0.2, 0) is 16.6 Å². The summed E-state index contributed by atoms with van der Waals surface area (Å²) in [6.07, 6.45) is 2.88. The minimum atomic E-state index is -3.51. The summed E-state index contributed by atoms with van der Waals surface area (Å²) in [5.74, 6) is 0. The van der Waals surface area contributed by atoms with Crippen LogP contribution in [0.1, 0.15) is 41.8 Å². The fourth-order valence-corrected chi connectivity index (χ4v) is 5.18. The molecule has 1 saturated heterocycles. The first-order chi connectivity index (χ1) is 12.9. The lowest BCUT2D eigenvalue weighted by atomic mass is 10.1. The fourth-order valence-electron chi connectivity index (χ4n) is 3.45. The Balaban J connectivity index is 1.89. The molecular weight excluding hydrogens is 360 g/mol. The average Bonchev–Trinajstić information content (AvgIpc) is 2.67. The summed E-state index contributed by atoms with van der Waals surface area (Å²) >= 11 is 0. The Kier molecular flexibility index (Phi) is 5.78. The molecule has 1 N–H and O–H groups in total. The van der Waals surface area contributed by atoms with E-state index < -0.39 is 10.0 Å². The van der Waals surface area contributed by atoms with Crippen molar-refractivity contribution >= 4 is 15.7 Å². The van der Waals surface area contributed by atoms with Crippen molar-refractivity contribution in [2.45, 2.75) is 44.6 Å². The highest BCUT2D eigenvalue weighted by molar-refractivity contribution is 7.89. The van der Waals surface area contributed by atoms with Crippen molar-refractivity contribution in [2.24, 2.45) is 0 Å². The highest BCUT2D eigenvalue weighted by Gasteiger charge is 2.27. The van der Waals surface area contributed by atoms with Crippen molar-refractivity contribution in [1.29, 1.82) is 5.26 Å². The normalized spacial score (nSPS) is 15.3. The van der Waals surface area contributed by atoms with Crippen LogP contribution in [0.3, 0.4) is 0 Å². The Morgan fingerprint density at radius 3 is 2.59 bits per heavy atom. The minimum absolute atomic E-state index is 0.320. The predicted molar refractivity (Wildman–Crippen MR) is 105 cm³/mol. The van der Waals surface area contributed by atoms with Gasteiger partial charge in [-0.05, 0) is 44.4 Å². The fraction of sp³-hybridized carbons (Fsp3) is 0.400. The Morgan fingerprint density at radius 1 is 1.19 bits per heavy atom. The molecule has 7 heteroatoms. The highest BCUT2D eigenvalue weighted by Crippen LogP contribution is 2.25. The van der Waals surface area contributed by atoms with Crippen LogP contribution in [0, 0.1) is 25.2 Å². The van der Waals surface area contributed by atoms with Gasteiger partial charge in [0.15, 0.2) is 0 Å². The number of hydrogen-bond donors (Lipinski definition) is 1. The molecule has 0 spiro atoms. The SMILES string of the molecule is Cc1cc(NCc2ccccc2S(=O)(=O)N2CCCCC2)c(C#N)c(C)n1. The average molecular weight is 385 g/mol. The summed E-state index contributed by atoms with van der Waals surface area (Å²) in [7, 11) is -3.51. The summed E-state index contributed by atoms with van der Waals surface area (Å²) in [5.41, 5.74) is 3.32. The Labute approximate surface area is 160 Å². The lowest BCUT2D eigenvalue weighted by molar-refractivity contribution is 0.346. The van der Waals surface area contributed by atoms with Gasteiger partial charge in [0.05, 0.1) is 21.8 Å². The zero-order valence-electron chi connectivity index (χ0n) is 15.7. The van der Waals surface area contributed by atoms with Crippen molar-refractivity contribution in [3.63, 3.8) is 0 Å². The van der Waals surface area contributed by atoms with E-state index in [1.165, 1.54) is 0 Å². The molecule has 0 atom stereocenters. The van der Waals surface area contributed by atoms with Gasteiger partial charge in [-0.3, -0.25) is 4.98 Å². The molecule has 1 fully saturated rings. The van der Waals surface area contributed by atoms with E-state index >= 15 is 0 Å². The molecule has 0 bridgehead atoms. The largest absolute Gasteiger partial charge is 0.380 e. The first-order valence-electron chi connectivity index (χ1n) is 9.14. The van der Waals surface area contributed by atoms with Gasteiger partial charge in [0, 0.05) is 25.3 Å². The zero-order valence-corrected chi connectivity index (χ0v) is 16.5. The molecular formula is C20H24N4O2S. The number of piperidine rings is 1. The van der Waals surface area contributed by atoms with E-state index in [2.05, 4.69) is 16.4 Å². The monoisotopic (exact) mass is 384 g/mol. The molecule has 1 aromatic heterocycles. The molecule has 2 heterocycles. The van der Waals surface area contributed by atoms with Gasteiger partial charge in [0.25, 0.3) is 0 Å². The molecule has 0 unspecified atom stereocenters. The van der Waals surface area contributed by atoms with Gasteiger partial charge < -0.3 is 5.32 Å². The molecule has 0 saturated carbocycles. The van der Waals surface area contributed by atoms with E-state index in [0.29, 0.717) is 47.0 Å². The lowest BCUT2D eigenvalue weighted by Gasteiger charge is -2.27. The van der Waals surface area contributed by atoms with Crippen LogP contribution in [0.25, 0.3) is 0 Å². The van der Waals surface area contributed by atoms with E-state index in [1.807, 2.05) is 25.1 Å². The first kappa shape index (κ1) is 19.3. The number of hydrogen-bond acceptors (Lipinski definition) is 5. The number of nitrogens with zero attached hydrogens (tertiary/aromatic N) is 3. The molecule has 6 nitrogen and oxygen atoms in total. The van der Waals surface area contributed by atoms with Crippen molar-refractivity contribution in [2.75, 3.05) is 18.4 Å². The van der Waals surface area contributed by atoms with Gasteiger partial charge in [0.1, 0.15) is 6.07 Å². The molecule has 0 radical (unpaired) electrons. The van der Waals surface area contributed by atoms with Gasteiger partial charge >= 0.3 is 0 Å². The summed E-state index contributed by atoms with van der Waals surface area (Å²) in [6.45, 7) is 5.14. The molecule has 27 heavy (non-hydrogen) atoms. The number of rotatable bonds is 5. The Morgan fingerprint density at radius 2 is 1.89 bits per heavy atom. The van der Waals surface area contributed by atoms with Gasteiger partial charge in [-0.2, -0.15) is 9.57 Å². The van der Waals surface area contributed by atoms with Crippen molar-refractivity contribution in [3.05, 3.63) is 52.8 Å². The predicted octanol–water partition coefficient (Wildman–Crippen LogP) is 3.36. The van der Waals surface area contributed by atoms with Crippen molar-refractivity contribution in [1.82, 2.24) is 9.29 Å². The van der Waals surface area contributed by atoms with Gasteiger partial charge in [-0.1, -0.05) is 24.6 Å². The molecule has 0 aliphatic carbocycles. The number of nitrogens with one attached hydrogen (secondary N) is 1.